The third kappa shape index (κ3) is 3.67. The van der Waals surface area contributed by atoms with E-state index in [1.807, 2.05) is 0 Å². The molecule has 1 aliphatic heterocycles. The standard InChI is InChI=1S/C33H38N2O2/c1-23-29-18-17-28-30(26-11-7-4-8-12-26)34-35(27-15-13-25(14-16-27)24-9-5-3-6-10-24)31(28)32(29,2)19-20-33(23)36-21-22-37-33/h3,5-6,9-11,13-16,23,29H,4,7-8,12,17-22H2,1-2H3/t23-,29-,32-/m1/s1. The largest absolute Gasteiger partial charge is 0.347 e. The highest BCUT2D eigenvalue weighted by Gasteiger charge is 2.58. The zero-order chi connectivity index (χ0) is 25.0. The molecule has 3 atom stereocenters. The molecule has 1 spiro atoms. The summed E-state index contributed by atoms with van der Waals surface area (Å²) in [6.45, 7) is 6.33. The molecule has 0 radical (unpaired) electrons. The van der Waals surface area contributed by atoms with Gasteiger partial charge in [-0.15, -0.1) is 0 Å². The Morgan fingerprint density at radius 1 is 0.892 bits per heavy atom. The summed E-state index contributed by atoms with van der Waals surface area (Å²) < 4.78 is 14.9. The molecule has 4 heteroatoms. The normalized spacial score (nSPS) is 28.5. The van der Waals surface area contributed by atoms with E-state index >= 15 is 0 Å². The first-order chi connectivity index (χ1) is 18.1. The summed E-state index contributed by atoms with van der Waals surface area (Å²) in [5.74, 6) is 0.487. The molecule has 4 aliphatic rings. The van der Waals surface area contributed by atoms with Crippen LogP contribution in [0.2, 0.25) is 0 Å². The van der Waals surface area contributed by atoms with Gasteiger partial charge in [-0.1, -0.05) is 62.4 Å². The monoisotopic (exact) mass is 494 g/mol. The van der Waals surface area contributed by atoms with Crippen LogP contribution in [0.3, 0.4) is 0 Å². The summed E-state index contributed by atoms with van der Waals surface area (Å²) in [4.78, 5) is 0. The third-order valence-corrected chi connectivity index (χ3v) is 9.93. The number of hydrogen-bond donors (Lipinski definition) is 0. The Labute approximate surface area is 220 Å². The molecule has 2 aromatic carbocycles. The van der Waals surface area contributed by atoms with E-state index in [0.717, 1.165) is 38.9 Å². The summed E-state index contributed by atoms with van der Waals surface area (Å²) in [6.07, 6.45) is 11.7. The molecule has 192 valence electrons. The Kier molecular flexibility index (Phi) is 5.67. The highest BCUT2D eigenvalue weighted by Crippen LogP contribution is 2.58. The minimum absolute atomic E-state index is 0.0478. The number of fused-ring (bicyclic) bond motifs is 3. The summed E-state index contributed by atoms with van der Waals surface area (Å²) in [6, 6.07) is 19.7. The van der Waals surface area contributed by atoms with Gasteiger partial charge in [-0.3, -0.25) is 0 Å². The second-order valence-corrected chi connectivity index (χ2v) is 11.8. The molecule has 3 aliphatic carbocycles. The Balaban J connectivity index is 1.35. The summed E-state index contributed by atoms with van der Waals surface area (Å²) in [5.41, 5.74) is 9.38. The minimum atomic E-state index is -0.390. The molecule has 2 fully saturated rings. The maximum atomic E-state index is 6.29. The van der Waals surface area contributed by atoms with E-state index in [4.69, 9.17) is 14.6 Å². The number of ether oxygens (including phenoxy) is 2. The first-order valence-electron chi connectivity index (χ1n) is 14.3. The predicted octanol–water partition coefficient (Wildman–Crippen LogP) is 7.49. The molecule has 0 N–H and O–H groups in total. The van der Waals surface area contributed by atoms with Crippen molar-refractivity contribution in [2.45, 2.75) is 76.4 Å². The average molecular weight is 495 g/mol. The molecule has 37 heavy (non-hydrogen) atoms. The van der Waals surface area contributed by atoms with E-state index in [9.17, 15) is 0 Å². The topological polar surface area (TPSA) is 36.3 Å². The molecular weight excluding hydrogens is 456 g/mol. The van der Waals surface area contributed by atoms with E-state index in [1.165, 1.54) is 65.0 Å². The van der Waals surface area contributed by atoms with E-state index in [2.05, 4.69) is 79.2 Å². The number of hydrogen-bond acceptors (Lipinski definition) is 3. The Morgan fingerprint density at radius 3 is 2.38 bits per heavy atom. The van der Waals surface area contributed by atoms with Gasteiger partial charge in [-0.25, -0.2) is 4.68 Å². The maximum Gasteiger partial charge on any atom is 0.171 e. The van der Waals surface area contributed by atoms with Gasteiger partial charge >= 0.3 is 0 Å². The van der Waals surface area contributed by atoms with Crippen molar-refractivity contribution in [1.29, 1.82) is 0 Å². The fraction of sp³-hybridized carbons (Fsp3) is 0.485. The third-order valence-electron chi connectivity index (χ3n) is 9.93. The van der Waals surface area contributed by atoms with Crippen LogP contribution >= 0.6 is 0 Å². The van der Waals surface area contributed by atoms with Crippen molar-refractivity contribution in [3.05, 3.63) is 77.6 Å². The lowest BCUT2D eigenvalue weighted by Gasteiger charge is -2.54. The molecule has 1 aromatic heterocycles. The molecule has 0 amide bonds. The van der Waals surface area contributed by atoms with Crippen molar-refractivity contribution < 1.29 is 9.47 Å². The van der Waals surface area contributed by atoms with Gasteiger partial charge in [0.05, 0.1) is 30.3 Å². The van der Waals surface area contributed by atoms with Crippen molar-refractivity contribution in [2.75, 3.05) is 13.2 Å². The smallest absolute Gasteiger partial charge is 0.171 e. The van der Waals surface area contributed by atoms with E-state index in [1.54, 1.807) is 0 Å². The summed E-state index contributed by atoms with van der Waals surface area (Å²) in [5, 5.41) is 5.42. The maximum absolute atomic E-state index is 6.29. The van der Waals surface area contributed by atoms with Crippen molar-refractivity contribution in [3.8, 4) is 16.8 Å². The first-order valence-corrected chi connectivity index (χ1v) is 14.3. The van der Waals surface area contributed by atoms with Gasteiger partial charge in [0.1, 0.15) is 0 Å². The van der Waals surface area contributed by atoms with Gasteiger partial charge in [-0.05, 0) is 79.7 Å². The van der Waals surface area contributed by atoms with Crippen molar-refractivity contribution in [1.82, 2.24) is 9.78 Å². The quantitative estimate of drug-likeness (QED) is 0.378. The number of allylic oxidation sites excluding steroid dienone is 2. The molecule has 7 rings (SSSR count). The van der Waals surface area contributed by atoms with Crippen molar-refractivity contribution in [2.24, 2.45) is 11.8 Å². The molecule has 2 heterocycles. The SMILES string of the molecule is C[C@@H]1[C@H]2CCc3c(C4=CCCCC4)nn(-c4ccc(-c5ccccc5)cc4)c3[C@]2(C)CCC12OCCO2. The van der Waals surface area contributed by atoms with Crippen LogP contribution in [0.15, 0.2) is 60.7 Å². The van der Waals surface area contributed by atoms with Crippen LogP contribution in [0, 0.1) is 11.8 Å². The van der Waals surface area contributed by atoms with Crippen molar-refractivity contribution in [3.63, 3.8) is 0 Å². The van der Waals surface area contributed by atoms with Crippen LogP contribution in [0.5, 0.6) is 0 Å². The minimum Gasteiger partial charge on any atom is -0.347 e. The predicted molar refractivity (Wildman–Crippen MR) is 148 cm³/mol. The molecule has 1 saturated heterocycles. The lowest BCUT2D eigenvalue weighted by molar-refractivity contribution is -0.234. The number of rotatable bonds is 3. The van der Waals surface area contributed by atoms with Gasteiger partial charge in [0.15, 0.2) is 5.79 Å². The highest BCUT2D eigenvalue weighted by molar-refractivity contribution is 5.69. The van der Waals surface area contributed by atoms with Gasteiger partial charge in [0.2, 0.25) is 0 Å². The molecule has 3 aromatic rings. The molecule has 0 unspecified atom stereocenters. The van der Waals surface area contributed by atoms with Crippen LogP contribution < -0.4 is 0 Å². The van der Waals surface area contributed by atoms with E-state index in [0.29, 0.717) is 11.8 Å². The van der Waals surface area contributed by atoms with Crippen molar-refractivity contribution >= 4 is 5.57 Å². The number of nitrogens with zero attached hydrogens (tertiary/aromatic N) is 2. The van der Waals surface area contributed by atoms with Gasteiger partial charge < -0.3 is 9.47 Å². The molecule has 4 nitrogen and oxygen atoms in total. The van der Waals surface area contributed by atoms with Crippen LogP contribution in [-0.4, -0.2) is 28.8 Å². The summed E-state index contributed by atoms with van der Waals surface area (Å²) >= 11 is 0. The van der Waals surface area contributed by atoms with E-state index < -0.39 is 5.79 Å². The molecular formula is C33H38N2O2. The van der Waals surface area contributed by atoms with Crippen LogP contribution in [0.25, 0.3) is 22.4 Å². The zero-order valence-corrected chi connectivity index (χ0v) is 22.2. The van der Waals surface area contributed by atoms with Crippen LogP contribution in [0.1, 0.15) is 75.7 Å². The average Bonchev–Trinajstić information content (AvgIpc) is 3.59. The summed E-state index contributed by atoms with van der Waals surface area (Å²) in [7, 11) is 0. The number of aromatic nitrogens is 2. The Bertz CT molecular complexity index is 1320. The lowest BCUT2D eigenvalue weighted by atomic mass is 9.55. The number of benzene rings is 2. The van der Waals surface area contributed by atoms with E-state index in [-0.39, 0.29) is 5.41 Å². The molecule has 0 bridgehead atoms. The second kappa shape index (κ2) is 8.96. The molecule has 1 saturated carbocycles. The van der Waals surface area contributed by atoms with Gasteiger partial charge in [-0.2, -0.15) is 5.10 Å². The highest BCUT2D eigenvalue weighted by atomic mass is 16.7. The second-order valence-electron chi connectivity index (χ2n) is 11.8. The van der Waals surface area contributed by atoms with Gasteiger partial charge in [0, 0.05) is 23.3 Å². The van der Waals surface area contributed by atoms with Crippen LogP contribution in [-0.2, 0) is 21.3 Å². The van der Waals surface area contributed by atoms with Crippen LogP contribution in [0.4, 0.5) is 0 Å². The van der Waals surface area contributed by atoms with Gasteiger partial charge in [0.25, 0.3) is 0 Å². The first kappa shape index (κ1) is 23.4. The zero-order valence-electron chi connectivity index (χ0n) is 22.2. The Hall–Kier alpha value is -2.69. The lowest BCUT2D eigenvalue weighted by Crippen LogP contribution is -2.55. The fourth-order valence-corrected chi connectivity index (χ4v) is 7.94. The Morgan fingerprint density at radius 2 is 1.65 bits per heavy atom. The fourth-order valence-electron chi connectivity index (χ4n) is 7.94.